The molecule has 0 aliphatic carbocycles. The number of methoxy groups -OCH3 is 1. The van der Waals surface area contributed by atoms with Gasteiger partial charge in [0.05, 0.1) is 13.0 Å². The number of nitrogens with zero attached hydrogens (tertiary/aromatic N) is 1. The van der Waals surface area contributed by atoms with Crippen LogP contribution < -0.4 is 4.74 Å². The SMILES string of the molecule is CCC(C(=O)O)c1cnc(OC)c(C)c1. The number of rotatable bonds is 4. The van der Waals surface area contributed by atoms with Gasteiger partial charge < -0.3 is 9.84 Å². The van der Waals surface area contributed by atoms with Crippen LogP contribution >= 0.6 is 0 Å². The van der Waals surface area contributed by atoms with Gasteiger partial charge in [-0.2, -0.15) is 0 Å². The topological polar surface area (TPSA) is 59.4 Å². The summed E-state index contributed by atoms with van der Waals surface area (Å²) < 4.78 is 5.02. The Morgan fingerprint density at radius 2 is 2.33 bits per heavy atom. The Bertz CT molecular complexity index is 363. The molecule has 0 amide bonds. The molecular weight excluding hydrogens is 194 g/mol. The molecule has 0 radical (unpaired) electrons. The van der Waals surface area contributed by atoms with Gasteiger partial charge in [0.15, 0.2) is 0 Å². The molecule has 82 valence electrons. The summed E-state index contributed by atoms with van der Waals surface area (Å²) in [5.74, 6) is -0.759. The van der Waals surface area contributed by atoms with Gasteiger partial charge in [-0.05, 0) is 25.0 Å². The van der Waals surface area contributed by atoms with E-state index in [9.17, 15) is 4.79 Å². The first-order chi connectivity index (χ1) is 7.10. The molecule has 0 spiro atoms. The van der Waals surface area contributed by atoms with E-state index in [1.165, 1.54) is 0 Å². The van der Waals surface area contributed by atoms with Crippen molar-refractivity contribution in [2.24, 2.45) is 0 Å². The van der Waals surface area contributed by atoms with Gasteiger partial charge in [-0.3, -0.25) is 4.79 Å². The normalized spacial score (nSPS) is 12.2. The van der Waals surface area contributed by atoms with E-state index in [2.05, 4.69) is 4.98 Å². The highest BCUT2D eigenvalue weighted by atomic mass is 16.5. The van der Waals surface area contributed by atoms with Crippen molar-refractivity contribution < 1.29 is 14.6 Å². The summed E-state index contributed by atoms with van der Waals surface area (Å²) in [5, 5.41) is 8.99. The predicted octanol–water partition coefficient (Wildman–Crippen LogP) is 1.98. The first kappa shape index (κ1) is 11.5. The van der Waals surface area contributed by atoms with Gasteiger partial charge in [-0.25, -0.2) is 4.98 Å². The smallest absolute Gasteiger partial charge is 0.311 e. The van der Waals surface area contributed by atoms with Crippen LogP contribution in [-0.4, -0.2) is 23.2 Å². The van der Waals surface area contributed by atoms with Crippen LogP contribution in [0.15, 0.2) is 12.3 Å². The van der Waals surface area contributed by atoms with Gasteiger partial charge in [-0.15, -0.1) is 0 Å². The van der Waals surface area contributed by atoms with Crippen molar-refractivity contribution in [2.45, 2.75) is 26.2 Å². The lowest BCUT2D eigenvalue weighted by molar-refractivity contribution is -0.138. The van der Waals surface area contributed by atoms with Crippen molar-refractivity contribution in [3.8, 4) is 5.88 Å². The highest BCUT2D eigenvalue weighted by molar-refractivity contribution is 5.75. The third kappa shape index (κ3) is 2.46. The van der Waals surface area contributed by atoms with Crippen molar-refractivity contribution in [3.63, 3.8) is 0 Å². The molecule has 0 saturated carbocycles. The number of hydrogen-bond donors (Lipinski definition) is 1. The minimum absolute atomic E-state index is 0.484. The molecule has 0 bridgehead atoms. The molecule has 1 heterocycles. The van der Waals surface area contributed by atoms with Gasteiger partial charge in [0.2, 0.25) is 5.88 Å². The van der Waals surface area contributed by atoms with Crippen molar-refractivity contribution >= 4 is 5.97 Å². The zero-order valence-corrected chi connectivity index (χ0v) is 9.15. The van der Waals surface area contributed by atoms with E-state index < -0.39 is 11.9 Å². The predicted molar refractivity (Wildman–Crippen MR) is 56.2 cm³/mol. The molecule has 0 saturated heterocycles. The number of aromatic nitrogens is 1. The molecule has 15 heavy (non-hydrogen) atoms. The van der Waals surface area contributed by atoms with Gasteiger partial charge in [-0.1, -0.05) is 6.92 Å². The highest BCUT2D eigenvalue weighted by Crippen LogP contribution is 2.23. The molecule has 1 aromatic heterocycles. The Morgan fingerprint density at radius 3 is 2.73 bits per heavy atom. The lowest BCUT2D eigenvalue weighted by Gasteiger charge is -2.11. The zero-order valence-electron chi connectivity index (χ0n) is 9.15. The first-order valence-corrected chi connectivity index (χ1v) is 4.83. The van der Waals surface area contributed by atoms with Crippen molar-refractivity contribution in [2.75, 3.05) is 7.11 Å². The second kappa shape index (κ2) is 4.77. The van der Waals surface area contributed by atoms with Gasteiger partial charge in [0, 0.05) is 11.8 Å². The number of carboxylic acid groups (broad SMARTS) is 1. The van der Waals surface area contributed by atoms with Crippen molar-refractivity contribution in [3.05, 3.63) is 23.4 Å². The van der Waals surface area contributed by atoms with E-state index >= 15 is 0 Å². The molecule has 0 aromatic carbocycles. The van der Waals surface area contributed by atoms with Crippen LogP contribution in [0.2, 0.25) is 0 Å². The second-order valence-electron chi connectivity index (χ2n) is 3.39. The first-order valence-electron chi connectivity index (χ1n) is 4.83. The summed E-state index contributed by atoms with van der Waals surface area (Å²) in [6.45, 7) is 3.70. The lowest BCUT2D eigenvalue weighted by atomic mass is 9.97. The van der Waals surface area contributed by atoms with E-state index in [0.717, 1.165) is 11.1 Å². The number of aliphatic carboxylic acids is 1. The second-order valence-corrected chi connectivity index (χ2v) is 3.39. The number of carbonyl (C=O) groups is 1. The van der Waals surface area contributed by atoms with E-state index in [4.69, 9.17) is 9.84 Å². The number of hydrogen-bond acceptors (Lipinski definition) is 3. The van der Waals surface area contributed by atoms with Crippen LogP contribution in [0.4, 0.5) is 0 Å². The fraction of sp³-hybridized carbons (Fsp3) is 0.455. The molecule has 0 fully saturated rings. The van der Waals surface area contributed by atoms with Gasteiger partial charge in [0.1, 0.15) is 0 Å². The molecule has 0 aliphatic heterocycles. The molecule has 1 N–H and O–H groups in total. The lowest BCUT2D eigenvalue weighted by Crippen LogP contribution is -2.11. The third-order valence-corrected chi connectivity index (χ3v) is 2.35. The van der Waals surface area contributed by atoms with Crippen LogP contribution in [0.3, 0.4) is 0 Å². The Hall–Kier alpha value is -1.58. The molecule has 1 rings (SSSR count). The minimum atomic E-state index is -0.816. The zero-order chi connectivity index (χ0) is 11.4. The minimum Gasteiger partial charge on any atom is -0.481 e. The fourth-order valence-electron chi connectivity index (χ4n) is 1.54. The summed E-state index contributed by atoms with van der Waals surface area (Å²) in [5.41, 5.74) is 1.58. The van der Waals surface area contributed by atoms with Crippen molar-refractivity contribution in [1.82, 2.24) is 4.98 Å². The molecular formula is C11H15NO3. The molecule has 1 unspecified atom stereocenters. The molecule has 0 aliphatic rings. The summed E-state index contributed by atoms with van der Waals surface area (Å²) in [6, 6.07) is 1.81. The van der Waals surface area contributed by atoms with E-state index in [1.54, 1.807) is 13.3 Å². The fourth-order valence-corrected chi connectivity index (χ4v) is 1.54. The van der Waals surface area contributed by atoms with Crippen molar-refractivity contribution in [1.29, 1.82) is 0 Å². The quantitative estimate of drug-likeness (QED) is 0.823. The van der Waals surface area contributed by atoms with Gasteiger partial charge in [0.25, 0.3) is 0 Å². The van der Waals surface area contributed by atoms with Crippen LogP contribution in [-0.2, 0) is 4.79 Å². The maximum atomic E-state index is 10.9. The number of ether oxygens (including phenoxy) is 1. The van der Waals surface area contributed by atoms with Gasteiger partial charge >= 0.3 is 5.97 Å². The summed E-state index contributed by atoms with van der Waals surface area (Å²) >= 11 is 0. The maximum Gasteiger partial charge on any atom is 0.311 e. The van der Waals surface area contributed by atoms with E-state index in [0.29, 0.717) is 12.3 Å². The van der Waals surface area contributed by atoms with E-state index in [-0.39, 0.29) is 0 Å². The average Bonchev–Trinajstić information content (AvgIpc) is 2.18. The summed E-state index contributed by atoms with van der Waals surface area (Å²) in [4.78, 5) is 15.0. The van der Waals surface area contributed by atoms with E-state index in [1.807, 2.05) is 19.9 Å². The van der Waals surface area contributed by atoms with Crippen LogP contribution in [0.1, 0.15) is 30.4 Å². The Morgan fingerprint density at radius 1 is 1.67 bits per heavy atom. The summed E-state index contributed by atoms with van der Waals surface area (Å²) in [7, 11) is 1.55. The molecule has 1 aromatic rings. The standard InChI is InChI=1S/C11H15NO3/c1-4-9(11(13)14)8-5-7(2)10(15-3)12-6-8/h5-6,9H,4H2,1-3H3,(H,13,14). The monoisotopic (exact) mass is 209 g/mol. The Balaban J connectivity index is 3.05. The third-order valence-electron chi connectivity index (χ3n) is 2.35. The Kier molecular flexibility index (Phi) is 3.66. The van der Waals surface area contributed by atoms with Crippen LogP contribution in [0.25, 0.3) is 0 Å². The number of carboxylic acids is 1. The molecule has 1 atom stereocenters. The van der Waals surface area contributed by atoms with Crippen LogP contribution in [0, 0.1) is 6.92 Å². The van der Waals surface area contributed by atoms with Crippen LogP contribution in [0.5, 0.6) is 5.88 Å². The molecule has 4 heteroatoms. The number of pyridine rings is 1. The number of aryl methyl sites for hydroxylation is 1. The summed E-state index contributed by atoms with van der Waals surface area (Å²) in [6.07, 6.45) is 2.12. The Labute approximate surface area is 88.9 Å². The maximum absolute atomic E-state index is 10.9. The average molecular weight is 209 g/mol. The highest BCUT2D eigenvalue weighted by Gasteiger charge is 2.18. The molecule has 4 nitrogen and oxygen atoms in total. The largest absolute Gasteiger partial charge is 0.481 e.